The lowest BCUT2D eigenvalue weighted by Crippen LogP contribution is -2.33. The van der Waals surface area contributed by atoms with E-state index in [1.165, 1.54) is 6.92 Å². The van der Waals surface area contributed by atoms with Crippen molar-refractivity contribution in [3.05, 3.63) is 16.3 Å². The van der Waals surface area contributed by atoms with Crippen LogP contribution >= 0.6 is 11.3 Å². The van der Waals surface area contributed by atoms with Gasteiger partial charge >= 0.3 is 0 Å². The lowest BCUT2D eigenvalue weighted by Gasteiger charge is -2.16. The normalized spacial score (nSPS) is 12.4. The van der Waals surface area contributed by atoms with Crippen LogP contribution in [0.15, 0.2) is 11.4 Å². The number of rotatable bonds is 8. The topological polar surface area (TPSA) is 70.6 Å². The summed E-state index contributed by atoms with van der Waals surface area (Å²) in [6, 6.07) is 2.01. The highest BCUT2D eigenvalue weighted by molar-refractivity contribution is 7.10. The summed E-state index contributed by atoms with van der Waals surface area (Å²) in [5, 5.41) is 17.0. The van der Waals surface area contributed by atoms with Crippen LogP contribution in [0.25, 0.3) is 0 Å². The molecule has 0 spiro atoms. The van der Waals surface area contributed by atoms with Gasteiger partial charge in [-0.15, -0.1) is 11.3 Å². The van der Waals surface area contributed by atoms with E-state index >= 15 is 0 Å². The first-order chi connectivity index (χ1) is 8.67. The quantitative estimate of drug-likeness (QED) is 0.665. The summed E-state index contributed by atoms with van der Waals surface area (Å²) in [6.45, 7) is 2.83. The number of carbonyl (C=O) groups is 1. The van der Waals surface area contributed by atoms with Gasteiger partial charge in [0.15, 0.2) is 0 Å². The molecule has 1 aromatic heterocycles. The number of hydrogen-bond donors (Lipinski definition) is 3. The monoisotopic (exact) mass is 272 g/mol. The van der Waals surface area contributed by atoms with Gasteiger partial charge in [0.05, 0.1) is 12.3 Å². The molecule has 6 heteroatoms. The fourth-order valence-corrected chi connectivity index (χ4v) is 2.40. The van der Waals surface area contributed by atoms with Gasteiger partial charge in [-0.1, -0.05) is 0 Å². The van der Waals surface area contributed by atoms with Gasteiger partial charge in [0.1, 0.15) is 0 Å². The molecular weight excluding hydrogens is 252 g/mol. The first-order valence-corrected chi connectivity index (χ1v) is 6.72. The third-order valence-electron chi connectivity index (χ3n) is 2.45. The van der Waals surface area contributed by atoms with Crippen molar-refractivity contribution in [2.45, 2.75) is 25.9 Å². The molecule has 1 atom stereocenters. The van der Waals surface area contributed by atoms with Gasteiger partial charge in [0.25, 0.3) is 0 Å². The van der Waals surface area contributed by atoms with Gasteiger partial charge in [-0.25, -0.2) is 0 Å². The Hall–Kier alpha value is -0.950. The van der Waals surface area contributed by atoms with Crippen molar-refractivity contribution >= 4 is 22.9 Å². The number of nitrogens with one attached hydrogen (secondary N) is 2. The van der Waals surface area contributed by atoms with E-state index < -0.39 is 0 Å². The van der Waals surface area contributed by atoms with Crippen molar-refractivity contribution in [1.29, 1.82) is 0 Å². The Labute approximate surface area is 111 Å². The zero-order chi connectivity index (χ0) is 13.4. The summed E-state index contributed by atoms with van der Waals surface area (Å²) >= 11 is 1.59. The van der Waals surface area contributed by atoms with E-state index in [1.807, 2.05) is 11.4 Å². The maximum Gasteiger partial charge on any atom is 0.221 e. The Morgan fingerprint density at radius 1 is 1.61 bits per heavy atom. The fraction of sp³-hybridized carbons (Fsp3) is 0.583. The third-order valence-corrected chi connectivity index (χ3v) is 3.37. The SMILES string of the molecule is COCC(CCO)NCc1sccc1NC(C)=O. The predicted octanol–water partition coefficient (Wildman–Crippen LogP) is 1.19. The zero-order valence-electron chi connectivity index (χ0n) is 10.7. The van der Waals surface area contributed by atoms with Crippen molar-refractivity contribution < 1.29 is 14.6 Å². The third kappa shape index (κ3) is 5.14. The molecule has 1 aromatic rings. The first kappa shape index (κ1) is 15.1. The minimum Gasteiger partial charge on any atom is -0.396 e. The van der Waals surface area contributed by atoms with Crippen LogP contribution in [0.4, 0.5) is 5.69 Å². The molecule has 102 valence electrons. The molecule has 5 nitrogen and oxygen atoms in total. The lowest BCUT2D eigenvalue weighted by atomic mass is 10.2. The Morgan fingerprint density at radius 3 is 3.00 bits per heavy atom. The summed E-state index contributed by atoms with van der Waals surface area (Å²) in [7, 11) is 1.64. The van der Waals surface area contributed by atoms with E-state index in [9.17, 15) is 4.79 Å². The highest BCUT2D eigenvalue weighted by Crippen LogP contribution is 2.22. The molecule has 0 aromatic carbocycles. The van der Waals surface area contributed by atoms with Crippen molar-refractivity contribution in [3.63, 3.8) is 0 Å². The summed E-state index contributed by atoms with van der Waals surface area (Å²) in [5.41, 5.74) is 0.847. The summed E-state index contributed by atoms with van der Waals surface area (Å²) in [5.74, 6) is -0.0709. The van der Waals surface area contributed by atoms with E-state index in [-0.39, 0.29) is 18.6 Å². The second kappa shape index (κ2) is 8.20. The Balaban J connectivity index is 2.50. The van der Waals surface area contributed by atoms with Crippen LogP contribution in [0, 0.1) is 0 Å². The number of carbonyl (C=O) groups excluding carboxylic acids is 1. The summed E-state index contributed by atoms with van der Waals surface area (Å²) in [6.07, 6.45) is 0.648. The molecule has 0 saturated heterocycles. The van der Waals surface area contributed by atoms with Gasteiger partial charge in [-0.2, -0.15) is 0 Å². The second-order valence-corrected chi connectivity index (χ2v) is 4.98. The van der Waals surface area contributed by atoms with Crippen LogP contribution in [0.1, 0.15) is 18.2 Å². The largest absolute Gasteiger partial charge is 0.396 e. The molecule has 0 aliphatic heterocycles. The number of amides is 1. The number of thiophene rings is 1. The van der Waals surface area contributed by atoms with Crippen molar-refractivity contribution in [2.24, 2.45) is 0 Å². The van der Waals surface area contributed by atoms with Crippen LogP contribution in [-0.4, -0.2) is 37.4 Å². The zero-order valence-corrected chi connectivity index (χ0v) is 11.5. The van der Waals surface area contributed by atoms with E-state index in [1.54, 1.807) is 18.4 Å². The van der Waals surface area contributed by atoms with Crippen LogP contribution < -0.4 is 10.6 Å². The van der Waals surface area contributed by atoms with Gasteiger partial charge in [-0.3, -0.25) is 4.79 Å². The molecule has 0 bridgehead atoms. The van der Waals surface area contributed by atoms with Crippen LogP contribution in [-0.2, 0) is 16.1 Å². The number of aliphatic hydroxyl groups excluding tert-OH is 1. The first-order valence-electron chi connectivity index (χ1n) is 5.84. The van der Waals surface area contributed by atoms with Gasteiger partial charge in [0, 0.05) is 38.1 Å². The average molecular weight is 272 g/mol. The lowest BCUT2D eigenvalue weighted by molar-refractivity contribution is -0.114. The number of ether oxygens (including phenoxy) is 1. The summed E-state index contributed by atoms with van der Waals surface area (Å²) in [4.78, 5) is 12.1. The molecule has 0 fully saturated rings. The van der Waals surface area contributed by atoms with Crippen LogP contribution in [0.2, 0.25) is 0 Å². The molecular formula is C12H20N2O3S. The number of hydrogen-bond acceptors (Lipinski definition) is 5. The maximum absolute atomic E-state index is 11.0. The number of aliphatic hydroxyl groups is 1. The maximum atomic E-state index is 11.0. The standard InChI is InChI=1S/C12H20N2O3S/c1-9(16)14-11-4-6-18-12(11)7-13-10(3-5-15)8-17-2/h4,6,10,13,15H,3,5,7-8H2,1-2H3,(H,14,16). The molecule has 18 heavy (non-hydrogen) atoms. The van der Waals surface area contributed by atoms with Gasteiger partial charge in [-0.05, 0) is 17.9 Å². The Bertz CT molecular complexity index is 362. The van der Waals surface area contributed by atoms with Crippen molar-refractivity contribution in [3.8, 4) is 0 Å². The van der Waals surface area contributed by atoms with Gasteiger partial charge in [0.2, 0.25) is 5.91 Å². The molecule has 0 aliphatic carbocycles. The molecule has 1 heterocycles. The van der Waals surface area contributed by atoms with Crippen LogP contribution in [0.5, 0.6) is 0 Å². The van der Waals surface area contributed by atoms with Crippen molar-refractivity contribution in [1.82, 2.24) is 5.32 Å². The highest BCUT2D eigenvalue weighted by Gasteiger charge is 2.10. The molecule has 0 radical (unpaired) electrons. The van der Waals surface area contributed by atoms with E-state index in [2.05, 4.69) is 10.6 Å². The van der Waals surface area contributed by atoms with Crippen molar-refractivity contribution in [2.75, 3.05) is 25.6 Å². The van der Waals surface area contributed by atoms with E-state index in [0.717, 1.165) is 10.6 Å². The number of methoxy groups -OCH3 is 1. The highest BCUT2D eigenvalue weighted by atomic mass is 32.1. The molecule has 0 aliphatic rings. The molecule has 1 rings (SSSR count). The van der Waals surface area contributed by atoms with Gasteiger partial charge < -0.3 is 20.5 Å². The fourth-order valence-electron chi connectivity index (χ4n) is 1.62. The second-order valence-electron chi connectivity index (χ2n) is 3.98. The minimum absolute atomic E-state index is 0.0709. The molecule has 1 unspecified atom stereocenters. The van der Waals surface area contributed by atoms with E-state index in [4.69, 9.17) is 9.84 Å². The minimum atomic E-state index is -0.0709. The molecule has 0 saturated carbocycles. The number of anilines is 1. The smallest absolute Gasteiger partial charge is 0.221 e. The molecule has 1 amide bonds. The average Bonchev–Trinajstić information content (AvgIpc) is 2.73. The van der Waals surface area contributed by atoms with Crippen LogP contribution in [0.3, 0.4) is 0 Å². The predicted molar refractivity (Wildman–Crippen MR) is 72.8 cm³/mol. The van der Waals surface area contributed by atoms with E-state index in [0.29, 0.717) is 19.6 Å². The summed E-state index contributed by atoms with van der Waals surface area (Å²) < 4.78 is 5.08. The Kier molecular flexibility index (Phi) is 6.89. The molecule has 3 N–H and O–H groups in total. The Morgan fingerprint density at radius 2 is 2.39 bits per heavy atom.